The van der Waals surface area contributed by atoms with Gasteiger partial charge in [-0.25, -0.2) is 0 Å². The fourth-order valence-electron chi connectivity index (χ4n) is 3.47. The number of fused-ring (bicyclic) bond motifs is 2. The van der Waals surface area contributed by atoms with Crippen LogP contribution in [0.4, 0.5) is 0 Å². The van der Waals surface area contributed by atoms with Crippen LogP contribution >= 0.6 is 17.0 Å². The Bertz CT molecular complexity index is 876. The van der Waals surface area contributed by atoms with Crippen molar-refractivity contribution >= 4 is 38.6 Å². The summed E-state index contributed by atoms with van der Waals surface area (Å²) >= 11 is -0.826. The number of benzene rings is 2. The quantitative estimate of drug-likeness (QED) is 0.209. The Morgan fingerprint density at radius 2 is 0.897 bits per heavy atom. The van der Waals surface area contributed by atoms with Crippen molar-refractivity contribution in [2.24, 2.45) is 0 Å². The van der Waals surface area contributed by atoms with Crippen LogP contribution in [-0.4, -0.2) is 0 Å². The predicted molar refractivity (Wildman–Crippen MR) is 130 cm³/mol. The van der Waals surface area contributed by atoms with Crippen molar-refractivity contribution in [2.45, 2.75) is 48.5 Å². The van der Waals surface area contributed by atoms with E-state index < -0.39 is 20.8 Å². The van der Waals surface area contributed by atoms with Gasteiger partial charge in [0.05, 0.1) is 0 Å². The molecule has 0 aromatic heterocycles. The third-order valence-electron chi connectivity index (χ3n) is 4.93. The van der Waals surface area contributed by atoms with Crippen LogP contribution < -0.4 is 0 Å². The van der Waals surface area contributed by atoms with Gasteiger partial charge in [-0.15, -0.1) is 68.1 Å². The van der Waals surface area contributed by atoms with Gasteiger partial charge in [-0.1, -0.05) is 51.0 Å². The second kappa shape index (κ2) is 12.7. The Hall–Kier alpha value is -0.877. The van der Waals surface area contributed by atoms with Crippen molar-refractivity contribution in [3.63, 3.8) is 0 Å². The SMILES string of the molecule is Cc1cc2c(C)ccc(C)c2[cH-]1.Cc1cc2c(C)ccc(C)c2[cH-]1.[CH2-]C.[Cl][Zr][Cl]. The van der Waals surface area contributed by atoms with E-state index >= 15 is 0 Å². The molecule has 0 saturated heterocycles. The summed E-state index contributed by atoms with van der Waals surface area (Å²) in [6, 6.07) is 17.8. The molecule has 0 unspecified atom stereocenters. The van der Waals surface area contributed by atoms with E-state index in [1.165, 1.54) is 54.9 Å². The molecule has 0 fully saturated rings. The first-order chi connectivity index (χ1) is 13.8. The van der Waals surface area contributed by atoms with E-state index in [9.17, 15) is 0 Å². The molecule has 4 aromatic carbocycles. The first kappa shape index (κ1) is 26.2. The predicted octanol–water partition coefficient (Wildman–Crippen LogP) is 9.18. The van der Waals surface area contributed by atoms with Gasteiger partial charge in [0.1, 0.15) is 0 Å². The van der Waals surface area contributed by atoms with Crippen LogP contribution in [0.3, 0.4) is 0 Å². The second-order valence-corrected chi connectivity index (χ2v) is 10.9. The molecule has 0 bridgehead atoms. The van der Waals surface area contributed by atoms with Crippen LogP contribution in [-0.2, 0) is 20.8 Å². The average Bonchev–Trinajstić information content (AvgIpc) is 3.29. The van der Waals surface area contributed by atoms with Gasteiger partial charge < -0.3 is 6.92 Å². The molecule has 0 amide bonds. The first-order valence-corrected chi connectivity index (χ1v) is 16.0. The molecule has 0 saturated carbocycles. The molecule has 0 aliphatic rings. The van der Waals surface area contributed by atoms with Crippen LogP contribution in [0.2, 0.25) is 0 Å². The van der Waals surface area contributed by atoms with Crippen molar-refractivity contribution in [2.75, 3.05) is 0 Å². The van der Waals surface area contributed by atoms with E-state index in [-0.39, 0.29) is 0 Å². The van der Waals surface area contributed by atoms with Gasteiger partial charge in [0.15, 0.2) is 0 Å². The summed E-state index contributed by atoms with van der Waals surface area (Å²) in [6.45, 7) is 18.0. The van der Waals surface area contributed by atoms with Gasteiger partial charge in [-0.3, -0.25) is 0 Å². The molecular formula is C26H31Cl2Zr-3. The molecule has 4 aromatic rings. The summed E-state index contributed by atoms with van der Waals surface area (Å²) in [7, 11) is 9.87. The van der Waals surface area contributed by atoms with Crippen LogP contribution in [0.25, 0.3) is 21.5 Å². The molecule has 0 atom stereocenters. The molecule has 3 heteroatoms. The van der Waals surface area contributed by atoms with Crippen molar-refractivity contribution in [3.05, 3.63) is 88.8 Å². The van der Waals surface area contributed by atoms with Gasteiger partial charge in [-0.05, 0) is 13.8 Å². The minimum atomic E-state index is -0.826. The third kappa shape index (κ3) is 7.09. The van der Waals surface area contributed by atoms with E-state index in [0.29, 0.717) is 0 Å². The molecule has 156 valence electrons. The molecule has 29 heavy (non-hydrogen) atoms. The monoisotopic (exact) mass is 503 g/mol. The summed E-state index contributed by atoms with van der Waals surface area (Å²) in [5, 5.41) is 5.64. The van der Waals surface area contributed by atoms with Gasteiger partial charge in [0, 0.05) is 0 Å². The average molecular weight is 506 g/mol. The summed E-state index contributed by atoms with van der Waals surface area (Å²) < 4.78 is 0. The molecule has 0 N–H and O–H groups in total. The van der Waals surface area contributed by atoms with Gasteiger partial charge in [0.25, 0.3) is 0 Å². The molecule has 0 heterocycles. The van der Waals surface area contributed by atoms with Crippen molar-refractivity contribution in [3.8, 4) is 0 Å². The Morgan fingerprint density at radius 3 is 1.17 bits per heavy atom. The van der Waals surface area contributed by atoms with Crippen LogP contribution in [0, 0.1) is 48.5 Å². The maximum absolute atomic E-state index is 4.93. The van der Waals surface area contributed by atoms with E-state index in [4.69, 9.17) is 17.0 Å². The van der Waals surface area contributed by atoms with Crippen molar-refractivity contribution < 1.29 is 20.8 Å². The number of halogens is 2. The molecule has 0 aliphatic carbocycles. The zero-order valence-corrected chi connectivity index (χ0v) is 22.6. The molecule has 0 aliphatic heterocycles. The fourth-order valence-corrected chi connectivity index (χ4v) is 3.47. The van der Waals surface area contributed by atoms with Gasteiger partial charge in [-0.2, -0.15) is 19.1 Å². The van der Waals surface area contributed by atoms with E-state index in [0.717, 1.165) is 0 Å². The Morgan fingerprint density at radius 1 is 0.621 bits per heavy atom. The molecule has 0 spiro atoms. The van der Waals surface area contributed by atoms with Crippen LogP contribution in [0.1, 0.15) is 40.3 Å². The Kier molecular flexibility index (Phi) is 11.5. The van der Waals surface area contributed by atoms with Crippen molar-refractivity contribution in [1.82, 2.24) is 0 Å². The summed E-state index contributed by atoms with van der Waals surface area (Å²) in [6.07, 6.45) is 0. The number of hydrogen-bond acceptors (Lipinski definition) is 0. The minimum absolute atomic E-state index is 0.826. The van der Waals surface area contributed by atoms with Crippen LogP contribution in [0.5, 0.6) is 0 Å². The van der Waals surface area contributed by atoms with Gasteiger partial charge in [0.2, 0.25) is 0 Å². The van der Waals surface area contributed by atoms with Crippen LogP contribution in [0.15, 0.2) is 48.5 Å². The summed E-state index contributed by atoms with van der Waals surface area (Å²) in [4.78, 5) is 0. The molecular weight excluding hydrogens is 474 g/mol. The Balaban J connectivity index is 0.000000238. The molecule has 4 rings (SSSR count). The standard InChI is InChI=1S/2C12H13.C2H5.2ClH.Zr/c2*1-8-6-11-9(2)4-5-10(3)12(11)7-8;1-2;;;/h2*4-7H,1-3H3;1H2,2H3;2*1H;/q3*-1;;;+2/p-2. The summed E-state index contributed by atoms with van der Waals surface area (Å²) in [5.74, 6) is 0. The molecule has 0 nitrogen and oxygen atoms in total. The number of rotatable bonds is 0. The second-order valence-electron chi connectivity index (χ2n) is 7.19. The summed E-state index contributed by atoms with van der Waals surface area (Å²) in [5.41, 5.74) is 8.24. The molecule has 0 radical (unpaired) electrons. The van der Waals surface area contributed by atoms with Crippen molar-refractivity contribution in [1.29, 1.82) is 0 Å². The topological polar surface area (TPSA) is 0 Å². The van der Waals surface area contributed by atoms with E-state index in [2.05, 4.69) is 97.0 Å². The van der Waals surface area contributed by atoms with E-state index in [1.54, 1.807) is 6.92 Å². The first-order valence-electron chi connectivity index (χ1n) is 9.72. The number of aryl methyl sites for hydroxylation is 6. The van der Waals surface area contributed by atoms with E-state index in [1.807, 2.05) is 0 Å². The fraction of sp³-hybridized carbons (Fsp3) is 0.269. The Labute approximate surface area is 195 Å². The normalized spacial score (nSPS) is 9.72. The zero-order valence-electron chi connectivity index (χ0n) is 18.6. The van der Waals surface area contributed by atoms with Gasteiger partial charge >= 0.3 is 37.9 Å². The third-order valence-corrected chi connectivity index (χ3v) is 4.93. The maximum atomic E-state index is 4.93. The zero-order chi connectivity index (χ0) is 22.1. The number of hydrogen-bond donors (Lipinski definition) is 0.